The quantitative estimate of drug-likeness (QED) is 0.643. The SMILES string of the molecule is CN(C(=O)c1cccnc1Oc1ccc(Br)cc1)c1ccccc1. The topological polar surface area (TPSA) is 42.4 Å². The number of carbonyl (C=O) groups is 1. The Labute approximate surface area is 148 Å². The molecule has 0 spiro atoms. The van der Waals surface area contributed by atoms with Crippen LogP contribution in [0.4, 0.5) is 5.69 Å². The number of hydrogen-bond donors (Lipinski definition) is 0. The highest BCUT2D eigenvalue weighted by Gasteiger charge is 2.19. The maximum Gasteiger partial charge on any atom is 0.263 e. The Morgan fingerprint density at radius 2 is 1.71 bits per heavy atom. The molecule has 0 saturated carbocycles. The van der Waals surface area contributed by atoms with Crippen molar-refractivity contribution in [3.8, 4) is 11.6 Å². The molecule has 3 rings (SSSR count). The second-order valence-corrected chi connectivity index (χ2v) is 6.03. The molecule has 0 unspecified atom stereocenters. The van der Waals surface area contributed by atoms with Crippen molar-refractivity contribution in [3.63, 3.8) is 0 Å². The summed E-state index contributed by atoms with van der Waals surface area (Å²) in [6.07, 6.45) is 1.60. The smallest absolute Gasteiger partial charge is 0.263 e. The molecule has 0 atom stereocenters. The number of para-hydroxylation sites is 1. The minimum Gasteiger partial charge on any atom is -0.438 e. The van der Waals surface area contributed by atoms with Gasteiger partial charge >= 0.3 is 0 Å². The number of aromatic nitrogens is 1. The maximum atomic E-state index is 12.8. The van der Waals surface area contributed by atoms with E-state index in [0.29, 0.717) is 11.3 Å². The number of amides is 1. The van der Waals surface area contributed by atoms with Crippen LogP contribution in [0.5, 0.6) is 11.6 Å². The highest BCUT2D eigenvalue weighted by atomic mass is 79.9. The lowest BCUT2D eigenvalue weighted by Gasteiger charge is -2.18. The second kappa shape index (κ2) is 7.27. The number of benzene rings is 2. The van der Waals surface area contributed by atoms with Gasteiger partial charge in [0.1, 0.15) is 11.3 Å². The van der Waals surface area contributed by atoms with E-state index in [9.17, 15) is 4.79 Å². The van der Waals surface area contributed by atoms with Gasteiger partial charge in [-0.15, -0.1) is 0 Å². The summed E-state index contributed by atoms with van der Waals surface area (Å²) < 4.78 is 6.75. The second-order valence-electron chi connectivity index (χ2n) is 5.11. The zero-order valence-electron chi connectivity index (χ0n) is 13.0. The number of ether oxygens (including phenoxy) is 1. The molecule has 5 heteroatoms. The molecule has 0 bridgehead atoms. The van der Waals surface area contributed by atoms with E-state index in [0.717, 1.165) is 10.2 Å². The van der Waals surface area contributed by atoms with Gasteiger partial charge in [-0.2, -0.15) is 0 Å². The molecule has 2 aromatic carbocycles. The number of halogens is 1. The number of pyridine rings is 1. The molecule has 0 N–H and O–H groups in total. The van der Waals surface area contributed by atoms with Crippen molar-refractivity contribution in [1.29, 1.82) is 0 Å². The van der Waals surface area contributed by atoms with Crippen LogP contribution in [0.25, 0.3) is 0 Å². The summed E-state index contributed by atoms with van der Waals surface area (Å²) in [7, 11) is 1.73. The summed E-state index contributed by atoms with van der Waals surface area (Å²) >= 11 is 3.38. The van der Waals surface area contributed by atoms with E-state index in [1.54, 1.807) is 30.3 Å². The van der Waals surface area contributed by atoms with Gasteiger partial charge in [0.05, 0.1) is 0 Å². The molecule has 4 nitrogen and oxygen atoms in total. The van der Waals surface area contributed by atoms with Gasteiger partial charge in [-0.05, 0) is 48.5 Å². The Kier molecular flexibility index (Phi) is 4.91. The third kappa shape index (κ3) is 3.63. The largest absolute Gasteiger partial charge is 0.438 e. The molecule has 1 aromatic heterocycles. The van der Waals surface area contributed by atoms with Crippen molar-refractivity contribution in [2.75, 3.05) is 11.9 Å². The predicted octanol–water partition coefficient (Wildman–Crippen LogP) is 4.91. The van der Waals surface area contributed by atoms with Gasteiger partial charge in [-0.3, -0.25) is 4.79 Å². The van der Waals surface area contributed by atoms with E-state index < -0.39 is 0 Å². The molecular formula is C19H15BrN2O2. The van der Waals surface area contributed by atoms with Crippen molar-refractivity contribution < 1.29 is 9.53 Å². The van der Waals surface area contributed by atoms with E-state index in [4.69, 9.17) is 4.74 Å². The van der Waals surface area contributed by atoms with Gasteiger partial charge in [-0.1, -0.05) is 34.1 Å². The average Bonchev–Trinajstić information content (AvgIpc) is 2.63. The Morgan fingerprint density at radius 3 is 2.42 bits per heavy atom. The number of rotatable bonds is 4. The number of anilines is 1. The van der Waals surface area contributed by atoms with Gasteiger partial charge in [0.2, 0.25) is 5.88 Å². The van der Waals surface area contributed by atoms with Crippen LogP contribution in [0.15, 0.2) is 77.4 Å². The first-order valence-corrected chi connectivity index (χ1v) is 8.16. The summed E-state index contributed by atoms with van der Waals surface area (Å²) in [6.45, 7) is 0. The molecule has 24 heavy (non-hydrogen) atoms. The zero-order chi connectivity index (χ0) is 16.9. The molecule has 0 aliphatic rings. The van der Waals surface area contributed by atoms with Gasteiger partial charge in [0.25, 0.3) is 5.91 Å². The number of nitrogens with zero attached hydrogens (tertiary/aromatic N) is 2. The number of hydrogen-bond acceptors (Lipinski definition) is 3. The lowest BCUT2D eigenvalue weighted by molar-refractivity contribution is 0.0990. The van der Waals surface area contributed by atoms with Crippen LogP contribution in [-0.2, 0) is 0 Å². The van der Waals surface area contributed by atoms with Crippen molar-refractivity contribution in [1.82, 2.24) is 4.98 Å². The summed E-state index contributed by atoms with van der Waals surface area (Å²) in [5.41, 5.74) is 1.22. The van der Waals surface area contributed by atoms with Gasteiger partial charge in [-0.25, -0.2) is 4.98 Å². The van der Waals surface area contributed by atoms with Crippen molar-refractivity contribution >= 4 is 27.5 Å². The monoisotopic (exact) mass is 382 g/mol. The van der Waals surface area contributed by atoms with Crippen molar-refractivity contribution in [2.24, 2.45) is 0 Å². The molecule has 0 aliphatic carbocycles. The Morgan fingerprint density at radius 1 is 1.00 bits per heavy atom. The molecule has 0 radical (unpaired) electrons. The fourth-order valence-corrected chi connectivity index (χ4v) is 2.46. The highest BCUT2D eigenvalue weighted by Crippen LogP contribution is 2.26. The van der Waals surface area contributed by atoms with Crippen LogP contribution in [0.3, 0.4) is 0 Å². The summed E-state index contributed by atoms with van der Waals surface area (Å²) in [5.74, 6) is 0.724. The first kappa shape index (κ1) is 16.2. The van der Waals surface area contributed by atoms with E-state index in [1.807, 2.05) is 54.6 Å². The average molecular weight is 383 g/mol. The lowest BCUT2D eigenvalue weighted by atomic mass is 10.2. The van der Waals surface area contributed by atoms with Crippen LogP contribution >= 0.6 is 15.9 Å². The predicted molar refractivity (Wildman–Crippen MR) is 97.6 cm³/mol. The minimum atomic E-state index is -0.179. The molecular weight excluding hydrogens is 368 g/mol. The van der Waals surface area contributed by atoms with Crippen molar-refractivity contribution in [3.05, 3.63) is 83.0 Å². The minimum absolute atomic E-state index is 0.179. The molecule has 0 fully saturated rings. The molecule has 0 saturated heterocycles. The summed E-state index contributed by atoms with van der Waals surface area (Å²) in [5, 5.41) is 0. The van der Waals surface area contributed by atoms with Crippen LogP contribution < -0.4 is 9.64 Å². The molecule has 1 heterocycles. The molecule has 120 valence electrons. The zero-order valence-corrected chi connectivity index (χ0v) is 14.6. The van der Waals surface area contributed by atoms with Crippen LogP contribution in [0.1, 0.15) is 10.4 Å². The maximum absolute atomic E-state index is 12.8. The summed E-state index contributed by atoms with van der Waals surface area (Å²) in [6, 6.07) is 20.3. The van der Waals surface area contributed by atoms with Gasteiger partial charge in [0, 0.05) is 23.4 Å². The molecule has 0 aliphatic heterocycles. The Hall–Kier alpha value is -2.66. The third-order valence-electron chi connectivity index (χ3n) is 3.48. The normalized spacial score (nSPS) is 10.2. The first-order chi connectivity index (χ1) is 11.6. The molecule has 3 aromatic rings. The van der Waals surface area contributed by atoms with Gasteiger partial charge < -0.3 is 9.64 Å². The van der Waals surface area contributed by atoms with E-state index in [-0.39, 0.29) is 11.8 Å². The molecule has 1 amide bonds. The van der Waals surface area contributed by atoms with Crippen molar-refractivity contribution in [2.45, 2.75) is 0 Å². The van der Waals surface area contributed by atoms with E-state index >= 15 is 0 Å². The third-order valence-corrected chi connectivity index (χ3v) is 4.01. The van der Waals surface area contributed by atoms with E-state index in [2.05, 4.69) is 20.9 Å². The van der Waals surface area contributed by atoms with Gasteiger partial charge in [0.15, 0.2) is 0 Å². The van der Waals surface area contributed by atoms with Crippen LogP contribution in [0.2, 0.25) is 0 Å². The standard InChI is InChI=1S/C19H15BrN2O2/c1-22(15-6-3-2-4-7-15)19(23)17-8-5-13-21-18(17)24-16-11-9-14(20)10-12-16/h2-13H,1H3. The lowest BCUT2D eigenvalue weighted by Crippen LogP contribution is -2.26. The fourth-order valence-electron chi connectivity index (χ4n) is 2.20. The van der Waals surface area contributed by atoms with Crippen LogP contribution in [-0.4, -0.2) is 17.9 Å². The number of carbonyl (C=O) groups excluding carboxylic acids is 1. The summed E-state index contributed by atoms with van der Waals surface area (Å²) in [4.78, 5) is 18.6. The van der Waals surface area contributed by atoms with E-state index in [1.165, 1.54) is 0 Å². The Bertz CT molecular complexity index is 836. The fraction of sp³-hybridized carbons (Fsp3) is 0.0526. The first-order valence-electron chi connectivity index (χ1n) is 7.36. The van der Waals surface area contributed by atoms with Crippen LogP contribution in [0, 0.1) is 0 Å². The highest BCUT2D eigenvalue weighted by molar-refractivity contribution is 9.10. The Balaban J connectivity index is 1.88.